The number of aliphatic hydroxyl groups is 1. The number of anilines is 1. The Hall–Kier alpha value is -1.98. The molecule has 2 rings (SSSR count). The highest BCUT2D eigenvalue weighted by Crippen LogP contribution is 2.36. The Kier molecular flexibility index (Phi) is 14.8. The van der Waals surface area contributed by atoms with Crippen LogP contribution in [0.15, 0.2) is 48.5 Å². The van der Waals surface area contributed by atoms with Crippen molar-refractivity contribution < 1.29 is 14.7 Å². The van der Waals surface area contributed by atoms with Crippen molar-refractivity contribution in [2.45, 2.75) is 115 Å². The number of Topliss-reactive ketones (excluding diaryl/α,β-unsaturated/α-hetero) is 1. The quantitative estimate of drug-likeness (QED) is 0.0719. The fraction of sp³-hybridized carbons (Fsp3) is 0.562. The first-order valence-corrected chi connectivity index (χ1v) is 15.1. The van der Waals surface area contributed by atoms with Gasteiger partial charge in [0.1, 0.15) is 0 Å². The molecule has 37 heavy (non-hydrogen) atoms. The van der Waals surface area contributed by atoms with Gasteiger partial charge in [0.25, 0.3) is 0 Å². The van der Waals surface area contributed by atoms with Crippen molar-refractivity contribution in [1.82, 2.24) is 0 Å². The SMILES string of the molecule is CCCCCCCCCCCCCCCCCC(=O)c1ccc(C(O)(C(=O)Br)c2ccccc2)c(N)c1. The first-order chi connectivity index (χ1) is 17.9. The van der Waals surface area contributed by atoms with Crippen LogP contribution in [0.5, 0.6) is 0 Å². The van der Waals surface area contributed by atoms with Gasteiger partial charge in [-0.25, -0.2) is 0 Å². The van der Waals surface area contributed by atoms with Crippen LogP contribution in [0, 0.1) is 0 Å². The van der Waals surface area contributed by atoms with E-state index in [1.54, 1.807) is 42.5 Å². The molecule has 0 saturated carbocycles. The predicted molar refractivity (Wildman–Crippen MR) is 158 cm³/mol. The van der Waals surface area contributed by atoms with Crippen molar-refractivity contribution in [2.75, 3.05) is 5.73 Å². The molecule has 1 unspecified atom stereocenters. The molecule has 0 saturated heterocycles. The van der Waals surface area contributed by atoms with Gasteiger partial charge < -0.3 is 10.8 Å². The summed E-state index contributed by atoms with van der Waals surface area (Å²) in [4.78, 5) is 25.1. The Balaban J connectivity index is 1.66. The number of hydrogen-bond acceptors (Lipinski definition) is 4. The average Bonchev–Trinajstić information content (AvgIpc) is 2.90. The molecule has 0 fully saturated rings. The first-order valence-electron chi connectivity index (χ1n) is 14.3. The number of rotatable bonds is 20. The maximum absolute atomic E-state index is 12.7. The van der Waals surface area contributed by atoms with E-state index in [1.807, 2.05) is 6.07 Å². The molecular weight excluding hydrogens is 526 g/mol. The molecule has 1 atom stereocenters. The number of nitrogen functional groups attached to an aromatic ring is 1. The van der Waals surface area contributed by atoms with E-state index in [0.29, 0.717) is 17.5 Å². The summed E-state index contributed by atoms with van der Waals surface area (Å²) >= 11 is 2.93. The van der Waals surface area contributed by atoms with E-state index in [2.05, 4.69) is 22.9 Å². The minimum atomic E-state index is -1.92. The Morgan fingerprint density at radius 1 is 0.757 bits per heavy atom. The molecular formula is C32H46BrNO3. The number of nitrogens with two attached hydrogens (primary N) is 1. The van der Waals surface area contributed by atoms with Crippen molar-refractivity contribution in [2.24, 2.45) is 0 Å². The van der Waals surface area contributed by atoms with Crippen LogP contribution >= 0.6 is 15.9 Å². The van der Waals surface area contributed by atoms with Crippen molar-refractivity contribution in [3.8, 4) is 0 Å². The summed E-state index contributed by atoms with van der Waals surface area (Å²) in [6, 6.07) is 13.5. The second kappa shape index (κ2) is 17.5. The maximum Gasteiger partial charge on any atom is 0.238 e. The molecule has 0 aliphatic heterocycles. The second-order valence-electron chi connectivity index (χ2n) is 10.3. The van der Waals surface area contributed by atoms with E-state index in [0.717, 1.165) is 12.8 Å². The average molecular weight is 573 g/mol. The molecule has 0 aliphatic rings. The van der Waals surface area contributed by atoms with Crippen LogP contribution in [0.4, 0.5) is 5.69 Å². The van der Waals surface area contributed by atoms with Crippen LogP contribution in [-0.2, 0) is 10.4 Å². The minimum absolute atomic E-state index is 0.0429. The van der Waals surface area contributed by atoms with E-state index >= 15 is 0 Å². The minimum Gasteiger partial charge on any atom is -0.398 e. The van der Waals surface area contributed by atoms with Crippen molar-refractivity contribution >= 4 is 32.1 Å². The van der Waals surface area contributed by atoms with Crippen LogP contribution in [0.25, 0.3) is 0 Å². The molecule has 0 aliphatic carbocycles. The van der Waals surface area contributed by atoms with Gasteiger partial charge in [-0.15, -0.1) is 0 Å². The lowest BCUT2D eigenvalue weighted by Gasteiger charge is -2.27. The highest BCUT2D eigenvalue weighted by Gasteiger charge is 2.40. The Morgan fingerprint density at radius 3 is 1.70 bits per heavy atom. The lowest BCUT2D eigenvalue weighted by Crippen LogP contribution is -2.34. The van der Waals surface area contributed by atoms with Gasteiger partial charge in [0.2, 0.25) is 4.69 Å². The fourth-order valence-electron chi connectivity index (χ4n) is 4.92. The third-order valence-electron chi connectivity index (χ3n) is 7.25. The molecule has 2 aromatic carbocycles. The lowest BCUT2D eigenvalue weighted by atomic mass is 9.85. The number of carbonyl (C=O) groups is 2. The number of benzene rings is 2. The normalized spacial score (nSPS) is 12.8. The zero-order valence-corrected chi connectivity index (χ0v) is 24.2. The van der Waals surface area contributed by atoms with Crippen LogP contribution in [0.3, 0.4) is 0 Å². The second-order valence-corrected chi connectivity index (χ2v) is 11.0. The summed E-state index contributed by atoms with van der Waals surface area (Å²) in [6.45, 7) is 2.27. The molecule has 0 heterocycles. The third kappa shape index (κ3) is 10.4. The Morgan fingerprint density at radius 2 is 1.24 bits per heavy atom. The predicted octanol–water partition coefficient (Wildman–Crippen LogP) is 8.87. The van der Waals surface area contributed by atoms with Crippen LogP contribution in [0.1, 0.15) is 131 Å². The van der Waals surface area contributed by atoms with Crippen LogP contribution < -0.4 is 5.73 Å². The molecule has 3 N–H and O–H groups in total. The standard InChI is InChI=1S/C32H46BrNO3/c1-2-3-4-5-6-7-8-9-10-11-12-13-14-15-19-22-30(35)26-23-24-28(29(34)25-26)32(37,31(33)36)27-20-17-16-18-21-27/h16-18,20-21,23-25,37H,2-15,19,22,34H2,1H3. The summed E-state index contributed by atoms with van der Waals surface area (Å²) in [6.07, 6.45) is 19.9. The number of hydrogen-bond donors (Lipinski definition) is 2. The van der Waals surface area contributed by atoms with Gasteiger partial charge in [-0.1, -0.05) is 139 Å². The molecule has 0 amide bonds. The van der Waals surface area contributed by atoms with E-state index in [9.17, 15) is 14.7 Å². The Labute approximate surface area is 232 Å². The summed E-state index contributed by atoms with van der Waals surface area (Å²) in [5, 5.41) is 11.2. The van der Waals surface area contributed by atoms with E-state index < -0.39 is 10.3 Å². The topological polar surface area (TPSA) is 80.4 Å². The highest BCUT2D eigenvalue weighted by molar-refractivity contribution is 9.18. The molecule has 204 valence electrons. The molecule has 0 spiro atoms. The Bertz CT molecular complexity index is 946. The monoisotopic (exact) mass is 571 g/mol. The highest BCUT2D eigenvalue weighted by atomic mass is 79.9. The first kappa shape index (κ1) is 31.2. The van der Waals surface area contributed by atoms with Crippen molar-refractivity contribution in [3.05, 3.63) is 65.2 Å². The van der Waals surface area contributed by atoms with Gasteiger partial charge in [-0.05, 0) is 34.0 Å². The number of unbranched alkanes of at least 4 members (excludes halogenated alkanes) is 14. The zero-order chi connectivity index (χ0) is 26.9. The molecule has 0 bridgehead atoms. The van der Waals surface area contributed by atoms with Gasteiger partial charge >= 0.3 is 0 Å². The van der Waals surface area contributed by atoms with Crippen LogP contribution in [0.2, 0.25) is 0 Å². The number of ketones is 1. The number of carbonyl (C=O) groups excluding carboxylic acids is 2. The smallest absolute Gasteiger partial charge is 0.238 e. The summed E-state index contributed by atoms with van der Waals surface area (Å²) < 4.78 is -0.602. The van der Waals surface area contributed by atoms with Gasteiger partial charge in [0.05, 0.1) is 0 Å². The molecule has 4 nitrogen and oxygen atoms in total. The van der Waals surface area contributed by atoms with Crippen molar-refractivity contribution in [1.29, 1.82) is 0 Å². The van der Waals surface area contributed by atoms with E-state index in [4.69, 9.17) is 5.73 Å². The summed E-state index contributed by atoms with van der Waals surface area (Å²) in [5.74, 6) is 0.0429. The van der Waals surface area contributed by atoms with Gasteiger partial charge in [0.15, 0.2) is 11.4 Å². The van der Waals surface area contributed by atoms with Crippen molar-refractivity contribution in [3.63, 3.8) is 0 Å². The molecule has 0 radical (unpaired) electrons. The van der Waals surface area contributed by atoms with E-state index in [1.165, 1.54) is 83.5 Å². The maximum atomic E-state index is 12.7. The largest absolute Gasteiger partial charge is 0.398 e. The van der Waals surface area contributed by atoms with Gasteiger partial charge in [-0.3, -0.25) is 9.59 Å². The summed E-state index contributed by atoms with van der Waals surface area (Å²) in [5.41, 5.74) is 5.73. The van der Waals surface area contributed by atoms with Gasteiger partial charge in [-0.2, -0.15) is 0 Å². The number of halogens is 1. The van der Waals surface area contributed by atoms with Crippen LogP contribution in [-0.4, -0.2) is 15.6 Å². The molecule has 5 heteroatoms. The summed E-state index contributed by atoms with van der Waals surface area (Å²) in [7, 11) is 0. The van der Waals surface area contributed by atoms with E-state index in [-0.39, 0.29) is 17.0 Å². The lowest BCUT2D eigenvalue weighted by molar-refractivity contribution is -0.124. The zero-order valence-electron chi connectivity index (χ0n) is 22.7. The molecule has 2 aromatic rings. The fourth-order valence-corrected chi connectivity index (χ4v) is 5.36. The third-order valence-corrected chi connectivity index (χ3v) is 7.82. The molecule has 0 aromatic heterocycles. The van der Waals surface area contributed by atoms with Gasteiger partial charge in [0, 0.05) is 23.2 Å².